The molecule has 3 atom stereocenters. The molecule has 0 spiro atoms. The van der Waals surface area contributed by atoms with Gasteiger partial charge in [0.1, 0.15) is 11.8 Å². The first-order valence-electron chi connectivity index (χ1n) is 13.5. The van der Waals surface area contributed by atoms with E-state index in [0.29, 0.717) is 41.5 Å². The van der Waals surface area contributed by atoms with Crippen LogP contribution in [0, 0.1) is 5.95 Å². The van der Waals surface area contributed by atoms with Gasteiger partial charge in [0, 0.05) is 42.2 Å². The first-order chi connectivity index (χ1) is 19.9. The van der Waals surface area contributed by atoms with Gasteiger partial charge in [0.05, 0.1) is 17.8 Å². The molecule has 2 aliphatic rings. The number of amides is 2. The highest BCUT2D eigenvalue weighted by atomic mass is 32.1. The topological polar surface area (TPSA) is 122 Å². The van der Waals surface area contributed by atoms with E-state index in [9.17, 15) is 19.1 Å². The maximum atomic E-state index is 13.5. The fraction of sp³-hybridized carbons (Fsp3) is 0.310. The van der Waals surface area contributed by atoms with Crippen molar-refractivity contribution in [2.45, 2.75) is 50.5 Å². The Morgan fingerprint density at radius 2 is 1.98 bits per heavy atom. The molecule has 4 heterocycles. The summed E-state index contributed by atoms with van der Waals surface area (Å²) < 4.78 is 20.5. The number of carbonyl (C=O) groups excluding carboxylic acids is 2. The molecule has 212 valence electrons. The maximum absolute atomic E-state index is 13.5. The highest BCUT2D eigenvalue weighted by molar-refractivity contribution is 7.14. The number of thiazole rings is 1. The van der Waals surface area contributed by atoms with Gasteiger partial charge in [-0.3, -0.25) is 15.4 Å². The molecule has 3 aromatic heterocycles. The van der Waals surface area contributed by atoms with E-state index >= 15 is 0 Å². The first-order valence-corrected chi connectivity index (χ1v) is 14.4. The van der Waals surface area contributed by atoms with Crippen LogP contribution in [-0.2, 0) is 11.3 Å². The van der Waals surface area contributed by atoms with Crippen LogP contribution >= 0.6 is 11.3 Å². The Hall–Kier alpha value is -4.29. The summed E-state index contributed by atoms with van der Waals surface area (Å²) in [6, 6.07) is 14.2. The zero-order chi connectivity index (χ0) is 28.3. The summed E-state index contributed by atoms with van der Waals surface area (Å²) in [6.07, 6.45) is 4.86. The van der Waals surface area contributed by atoms with E-state index in [-0.39, 0.29) is 11.9 Å². The van der Waals surface area contributed by atoms with E-state index < -0.39 is 24.2 Å². The molecular formula is C29H29FN6O4S. The van der Waals surface area contributed by atoms with Crippen molar-refractivity contribution < 1.29 is 23.8 Å². The molecule has 1 aromatic carbocycles. The molecule has 3 N–H and O–H groups in total. The lowest BCUT2D eigenvalue weighted by atomic mass is 9.92. The normalized spacial score (nSPS) is 20.0. The van der Waals surface area contributed by atoms with Crippen molar-refractivity contribution in [3.05, 3.63) is 89.2 Å². The van der Waals surface area contributed by atoms with Crippen molar-refractivity contribution in [3.8, 4) is 0 Å². The number of pyridine rings is 1. The minimum atomic E-state index is -0.578. The van der Waals surface area contributed by atoms with Gasteiger partial charge in [0.2, 0.25) is 5.95 Å². The molecule has 1 aliphatic carbocycles. The van der Waals surface area contributed by atoms with Crippen LogP contribution in [-0.4, -0.2) is 50.4 Å². The Labute approximate surface area is 239 Å². The molecule has 1 saturated carbocycles. The zero-order valence-electron chi connectivity index (χ0n) is 22.1. The number of benzene rings is 1. The molecule has 41 heavy (non-hydrogen) atoms. The fourth-order valence-electron chi connectivity index (χ4n) is 5.15. The quantitative estimate of drug-likeness (QED) is 0.247. The number of halogens is 1. The number of hydrogen-bond donors (Lipinski definition) is 3. The highest BCUT2D eigenvalue weighted by Gasteiger charge is 2.32. The maximum Gasteiger partial charge on any atom is 0.411 e. The van der Waals surface area contributed by atoms with E-state index in [4.69, 9.17) is 9.72 Å². The van der Waals surface area contributed by atoms with Gasteiger partial charge >= 0.3 is 6.09 Å². The molecular weight excluding hydrogens is 547 g/mol. The van der Waals surface area contributed by atoms with Gasteiger partial charge in [0.15, 0.2) is 5.13 Å². The van der Waals surface area contributed by atoms with Crippen LogP contribution in [0.5, 0.6) is 0 Å². The molecule has 2 amide bonds. The average Bonchev–Trinajstić information content (AvgIpc) is 3.73. The molecule has 0 radical (unpaired) electrons. The van der Waals surface area contributed by atoms with Gasteiger partial charge in [-0.1, -0.05) is 0 Å². The number of aliphatic hydroxyl groups is 1. The van der Waals surface area contributed by atoms with Gasteiger partial charge < -0.3 is 19.3 Å². The van der Waals surface area contributed by atoms with Crippen LogP contribution < -0.4 is 15.5 Å². The molecule has 2 fully saturated rings. The lowest BCUT2D eigenvalue weighted by molar-refractivity contribution is -0.0561. The molecule has 0 bridgehead atoms. The number of rotatable bonds is 8. The van der Waals surface area contributed by atoms with Gasteiger partial charge in [0.25, 0.3) is 5.91 Å². The molecule has 10 nitrogen and oxygen atoms in total. The van der Waals surface area contributed by atoms with Crippen LogP contribution in [0.1, 0.15) is 53.5 Å². The third kappa shape index (κ3) is 6.08. The number of anilines is 3. The third-order valence-corrected chi connectivity index (χ3v) is 8.20. The Balaban J connectivity index is 1.08. The Bertz CT molecular complexity index is 1540. The van der Waals surface area contributed by atoms with E-state index in [0.717, 1.165) is 30.8 Å². The lowest BCUT2D eigenvalue weighted by Gasteiger charge is -2.31. The summed E-state index contributed by atoms with van der Waals surface area (Å²) in [5, 5.41) is 17.7. The number of ether oxygens (including phenoxy) is 1. The van der Waals surface area contributed by atoms with Gasteiger partial charge in [-0.05, 0) is 79.8 Å². The minimum Gasteiger partial charge on any atom is -0.443 e. The predicted molar refractivity (Wildman–Crippen MR) is 153 cm³/mol. The standard InChI is InChI=1S/C29H29FN6O4S/c30-26-15-18(11-12-31-26)16-35-13-1-4-23(35)27(38)34-28-33-21(17-41-28)22-3-2-14-36(22)20-7-5-19(6-8-20)32-29(39)40-25-10-9-24(25)37/h1,4-8,11-13,15,17,22,24-25,37H,2-3,9-10,14,16H2,(H,32,39)(H,33,34,38)/t22-,24?,25?/m1/s1. The van der Waals surface area contributed by atoms with Crippen molar-refractivity contribution in [2.75, 3.05) is 22.1 Å². The predicted octanol–water partition coefficient (Wildman–Crippen LogP) is 5.19. The summed E-state index contributed by atoms with van der Waals surface area (Å²) in [4.78, 5) is 35.7. The van der Waals surface area contributed by atoms with Crippen LogP contribution in [0.3, 0.4) is 0 Å². The minimum absolute atomic E-state index is 0.0613. The monoisotopic (exact) mass is 576 g/mol. The van der Waals surface area contributed by atoms with E-state index in [1.807, 2.05) is 29.6 Å². The Morgan fingerprint density at radius 1 is 1.12 bits per heavy atom. The van der Waals surface area contributed by atoms with Crippen LogP contribution in [0.15, 0.2) is 66.3 Å². The van der Waals surface area contributed by atoms with E-state index in [2.05, 4.69) is 20.5 Å². The largest absolute Gasteiger partial charge is 0.443 e. The zero-order valence-corrected chi connectivity index (χ0v) is 22.9. The second-order valence-corrected chi connectivity index (χ2v) is 11.0. The number of hydrogen-bond acceptors (Lipinski definition) is 8. The summed E-state index contributed by atoms with van der Waals surface area (Å²) in [5.41, 5.74) is 3.65. The van der Waals surface area contributed by atoms with E-state index in [1.165, 1.54) is 23.6 Å². The third-order valence-electron chi connectivity index (χ3n) is 7.42. The smallest absolute Gasteiger partial charge is 0.411 e. The van der Waals surface area contributed by atoms with Crippen molar-refractivity contribution in [2.24, 2.45) is 0 Å². The number of aromatic nitrogens is 3. The van der Waals surface area contributed by atoms with Crippen molar-refractivity contribution in [1.82, 2.24) is 14.5 Å². The van der Waals surface area contributed by atoms with Crippen LogP contribution in [0.25, 0.3) is 0 Å². The molecule has 2 unspecified atom stereocenters. The fourth-order valence-corrected chi connectivity index (χ4v) is 5.90. The van der Waals surface area contributed by atoms with Crippen molar-refractivity contribution >= 4 is 39.8 Å². The second-order valence-electron chi connectivity index (χ2n) is 10.2. The molecule has 1 saturated heterocycles. The summed E-state index contributed by atoms with van der Waals surface area (Å²) in [5.74, 6) is -0.850. The van der Waals surface area contributed by atoms with Gasteiger partial charge in [-0.15, -0.1) is 11.3 Å². The first kappa shape index (κ1) is 26.9. The average molecular weight is 577 g/mol. The van der Waals surface area contributed by atoms with Gasteiger partial charge in [-0.25, -0.2) is 14.8 Å². The Kier molecular flexibility index (Phi) is 7.66. The number of nitrogens with zero attached hydrogens (tertiary/aromatic N) is 4. The van der Waals surface area contributed by atoms with Crippen molar-refractivity contribution in [1.29, 1.82) is 0 Å². The molecule has 12 heteroatoms. The molecule has 4 aromatic rings. The summed E-state index contributed by atoms with van der Waals surface area (Å²) >= 11 is 1.38. The summed E-state index contributed by atoms with van der Waals surface area (Å²) in [7, 11) is 0. The van der Waals surface area contributed by atoms with Crippen LogP contribution in [0.2, 0.25) is 0 Å². The van der Waals surface area contributed by atoms with Crippen molar-refractivity contribution in [3.63, 3.8) is 0 Å². The summed E-state index contributed by atoms with van der Waals surface area (Å²) in [6.45, 7) is 1.20. The lowest BCUT2D eigenvalue weighted by Crippen LogP contribution is -2.41. The molecule has 6 rings (SSSR count). The van der Waals surface area contributed by atoms with Gasteiger partial charge in [-0.2, -0.15) is 4.39 Å². The number of aliphatic hydroxyl groups excluding tert-OH is 1. The van der Waals surface area contributed by atoms with E-state index in [1.54, 1.807) is 29.0 Å². The highest BCUT2D eigenvalue weighted by Crippen LogP contribution is 2.37. The molecule has 1 aliphatic heterocycles. The second kappa shape index (κ2) is 11.7. The van der Waals surface area contributed by atoms with Crippen LogP contribution in [0.4, 0.5) is 25.7 Å². The number of carbonyl (C=O) groups is 2. The number of nitrogens with one attached hydrogen (secondary N) is 2. The Morgan fingerprint density at radius 3 is 2.73 bits per heavy atom. The SMILES string of the molecule is O=C(Nc1ccc(N2CCC[C@@H]2c2csc(NC(=O)c3cccn3Cc3ccnc(F)c3)n2)cc1)OC1CCC1O.